The molecule has 2 rings (SSSR count). The highest BCUT2D eigenvalue weighted by molar-refractivity contribution is 6.31. The van der Waals surface area contributed by atoms with Crippen molar-refractivity contribution in [2.75, 3.05) is 0 Å². The van der Waals surface area contributed by atoms with E-state index in [0.717, 1.165) is 5.56 Å². The Bertz CT molecular complexity index is 682. The van der Waals surface area contributed by atoms with E-state index in [4.69, 9.17) is 11.6 Å². The number of benzene rings is 2. The van der Waals surface area contributed by atoms with Crippen molar-refractivity contribution in [2.24, 2.45) is 5.10 Å². The lowest BCUT2D eigenvalue weighted by Crippen LogP contribution is -2.17. The Labute approximate surface area is 127 Å². The maximum Gasteiger partial charge on any atom is 0.275 e. The summed E-state index contributed by atoms with van der Waals surface area (Å²) in [6.45, 7) is 0. The predicted octanol–water partition coefficient (Wildman–Crippen LogP) is 3.47. The predicted molar refractivity (Wildman–Crippen MR) is 84.6 cm³/mol. The number of allylic oxidation sites excluding steroid dienone is 1. The molecule has 5 heteroatoms. The number of nitrogens with zero attached hydrogens (tertiary/aromatic N) is 1. The third-order valence-electron chi connectivity index (χ3n) is 2.62. The number of hydrogen-bond acceptors (Lipinski definition) is 3. The van der Waals surface area contributed by atoms with Gasteiger partial charge in [-0.1, -0.05) is 48.0 Å². The van der Waals surface area contributed by atoms with E-state index in [-0.39, 0.29) is 11.3 Å². The molecule has 0 unspecified atom stereocenters. The fourth-order valence-electron chi connectivity index (χ4n) is 1.61. The molecule has 0 aliphatic carbocycles. The first kappa shape index (κ1) is 14.8. The number of amides is 1. The Morgan fingerprint density at radius 1 is 1.19 bits per heavy atom. The highest BCUT2D eigenvalue weighted by Crippen LogP contribution is 2.21. The molecule has 1 amide bonds. The zero-order valence-electron chi connectivity index (χ0n) is 11.0. The molecule has 0 atom stereocenters. The molecule has 0 spiro atoms. The Balaban J connectivity index is 1.93. The Hall–Kier alpha value is -2.59. The molecule has 2 aromatic rings. The molecule has 0 fully saturated rings. The average molecular weight is 301 g/mol. The monoisotopic (exact) mass is 300 g/mol. The summed E-state index contributed by atoms with van der Waals surface area (Å²) in [5.41, 5.74) is 3.42. The number of rotatable bonds is 4. The molecule has 0 aliphatic rings. The molecular formula is C16H13ClN2O2. The average Bonchev–Trinajstić information content (AvgIpc) is 2.50. The van der Waals surface area contributed by atoms with Crippen LogP contribution >= 0.6 is 11.6 Å². The van der Waals surface area contributed by atoms with Gasteiger partial charge in [-0.05, 0) is 29.8 Å². The van der Waals surface area contributed by atoms with E-state index in [9.17, 15) is 9.90 Å². The van der Waals surface area contributed by atoms with Crippen LogP contribution in [-0.2, 0) is 0 Å². The second-order valence-electron chi connectivity index (χ2n) is 4.15. The van der Waals surface area contributed by atoms with Gasteiger partial charge < -0.3 is 5.11 Å². The lowest BCUT2D eigenvalue weighted by atomic mass is 10.2. The molecule has 21 heavy (non-hydrogen) atoms. The second-order valence-corrected chi connectivity index (χ2v) is 4.59. The molecule has 0 saturated heterocycles. The minimum Gasteiger partial charge on any atom is -0.507 e. The maximum absolute atomic E-state index is 11.8. The largest absolute Gasteiger partial charge is 0.507 e. The number of halogens is 1. The van der Waals surface area contributed by atoms with Gasteiger partial charge in [0, 0.05) is 11.2 Å². The van der Waals surface area contributed by atoms with Crippen LogP contribution in [0.3, 0.4) is 0 Å². The van der Waals surface area contributed by atoms with E-state index in [1.807, 2.05) is 36.4 Å². The van der Waals surface area contributed by atoms with E-state index in [1.165, 1.54) is 24.4 Å². The normalized spacial score (nSPS) is 11.1. The molecular weight excluding hydrogens is 288 g/mol. The maximum atomic E-state index is 11.8. The fourth-order valence-corrected chi connectivity index (χ4v) is 1.78. The first-order valence-corrected chi connectivity index (χ1v) is 6.58. The Kier molecular flexibility index (Phi) is 5.12. The molecule has 0 radical (unpaired) electrons. The van der Waals surface area contributed by atoms with Gasteiger partial charge in [-0.3, -0.25) is 4.79 Å². The summed E-state index contributed by atoms with van der Waals surface area (Å²) in [6.07, 6.45) is 5.01. The van der Waals surface area contributed by atoms with Crippen LogP contribution in [0.15, 0.2) is 59.7 Å². The lowest BCUT2D eigenvalue weighted by Gasteiger charge is -2.02. The van der Waals surface area contributed by atoms with E-state index in [1.54, 1.807) is 6.08 Å². The van der Waals surface area contributed by atoms with Gasteiger partial charge in [-0.15, -0.1) is 0 Å². The van der Waals surface area contributed by atoms with Crippen molar-refractivity contribution < 1.29 is 9.90 Å². The third kappa shape index (κ3) is 4.47. The van der Waals surface area contributed by atoms with Crippen LogP contribution in [0.2, 0.25) is 5.02 Å². The molecule has 2 N–H and O–H groups in total. The van der Waals surface area contributed by atoms with E-state index in [2.05, 4.69) is 10.5 Å². The Morgan fingerprint density at radius 2 is 1.95 bits per heavy atom. The van der Waals surface area contributed by atoms with Crippen molar-refractivity contribution in [1.29, 1.82) is 0 Å². The van der Waals surface area contributed by atoms with Gasteiger partial charge >= 0.3 is 0 Å². The van der Waals surface area contributed by atoms with Crippen molar-refractivity contribution in [3.05, 3.63) is 70.8 Å². The van der Waals surface area contributed by atoms with Crippen LogP contribution in [0, 0.1) is 0 Å². The fraction of sp³-hybridized carbons (Fsp3) is 0. The first-order chi connectivity index (χ1) is 10.2. The number of carbonyl (C=O) groups is 1. The molecule has 0 saturated carbocycles. The highest BCUT2D eigenvalue weighted by atomic mass is 35.5. The number of phenols is 1. The molecule has 0 bridgehead atoms. The number of aromatic hydroxyl groups is 1. The van der Waals surface area contributed by atoms with E-state index < -0.39 is 5.91 Å². The minimum atomic E-state index is -0.528. The third-order valence-corrected chi connectivity index (χ3v) is 2.85. The summed E-state index contributed by atoms with van der Waals surface area (Å²) in [6, 6.07) is 13.9. The number of hydrazone groups is 1. The lowest BCUT2D eigenvalue weighted by molar-refractivity contribution is 0.0952. The number of carbonyl (C=O) groups excluding carboxylic acids is 1. The van der Waals surface area contributed by atoms with Crippen LogP contribution < -0.4 is 5.43 Å². The number of phenolic OH excluding ortho intramolecular Hbond substituents is 1. The summed E-state index contributed by atoms with van der Waals surface area (Å²) >= 11 is 5.77. The quantitative estimate of drug-likeness (QED) is 0.671. The number of hydrogen-bond donors (Lipinski definition) is 2. The van der Waals surface area contributed by atoms with Gasteiger partial charge in [0.1, 0.15) is 5.75 Å². The summed E-state index contributed by atoms with van der Waals surface area (Å²) in [5.74, 6) is -0.675. The summed E-state index contributed by atoms with van der Waals surface area (Å²) in [4.78, 5) is 11.8. The zero-order chi connectivity index (χ0) is 15.1. The van der Waals surface area contributed by atoms with Gasteiger partial charge in [0.25, 0.3) is 5.91 Å². The van der Waals surface area contributed by atoms with Crippen LogP contribution in [0.25, 0.3) is 6.08 Å². The van der Waals surface area contributed by atoms with Crippen LogP contribution in [0.1, 0.15) is 15.9 Å². The second kappa shape index (κ2) is 7.26. The topological polar surface area (TPSA) is 61.7 Å². The number of nitrogens with one attached hydrogen (secondary N) is 1. The summed E-state index contributed by atoms with van der Waals surface area (Å²) in [5, 5.41) is 13.7. The van der Waals surface area contributed by atoms with Gasteiger partial charge in [0.05, 0.1) is 5.56 Å². The van der Waals surface area contributed by atoms with Crippen molar-refractivity contribution in [2.45, 2.75) is 0 Å². The van der Waals surface area contributed by atoms with Crippen molar-refractivity contribution in [3.63, 3.8) is 0 Å². The van der Waals surface area contributed by atoms with Crippen molar-refractivity contribution in [1.82, 2.24) is 5.43 Å². The van der Waals surface area contributed by atoms with E-state index in [0.29, 0.717) is 5.02 Å². The molecule has 0 aliphatic heterocycles. The minimum absolute atomic E-state index is 0.0756. The van der Waals surface area contributed by atoms with Gasteiger partial charge in [0.2, 0.25) is 0 Å². The van der Waals surface area contributed by atoms with Gasteiger partial charge in [-0.2, -0.15) is 5.10 Å². The smallest absolute Gasteiger partial charge is 0.275 e. The van der Waals surface area contributed by atoms with E-state index >= 15 is 0 Å². The van der Waals surface area contributed by atoms with Crippen molar-refractivity contribution in [3.8, 4) is 5.75 Å². The summed E-state index contributed by atoms with van der Waals surface area (Å²) in [7, 11) is 0. The molecule has 0 heterocycles. The van der Waals surface area contributed by atoms with Crippen LogP contribution in [0.5, 0.6) is 5.75 Å². The van der Waals surface area contributed by atoms with Gasteiger partial charge in [-0.25, -0.2) is 5.43 Å². The molecule has 106 valence electrons. The molecule has 4 nitrogen and oxygen atoms in total. The first-order valence-electron chi connectivity index (χ1n) is 6.20. The van der Waals surface area contributed by atoms with Crippen molar-refractivity contribution >= 4 is 29.8 Å². The summed E-state index contributed by atoms with van der Waals surface area (Å²) < 4.78 is 0. The van der Waals surface area contributed by atoms with Crippen LogP contribution in [-0.4, -0.2) is 17.2 Å². The SMILES string of the molecule is O=C(NN=CC=Cc1ccccc1)c1cc(Cl)ccc1O. The van der Waals surface area contributed by atoms with Crippen LogP contribution in [0.4, 0.5) is 0 Å². The molecule has 2 aromatic carbocycles. The van der Waals surface area contributed by atoms with Gasteiger partial charge in [0.15, 0.2) is 0 Å². The zero-order valence-corrected chi connectivity index (χ0v) is 11.8. The standard InChI is InChI=1S/C16H13ClN2O2/c17-13-8-9-15(20)14(11-13)16(21)19-18-10-4-7-12-5-2-1-3-6-12/h1-11,20H,(H,19,21). The highest BCUT2D eigenvalue weighted by Gasteiger charge is 2.10. The Morgan fingerprint density at radius 3 is 2.71 bits per heavy atom. The molecule has 0 aromatic heterocycles.